The highest BCUT2D eigenvalue weighted by Gasteiger charge is 2.11. The molecule has 0 amide bonds. The highest BCUT2D eigenvalue weighted by atomic mass is 16.5. The van der Waals surface area contributed by atoms with Gasteiger partial charge in [0.05, 0.1) is 19.1 Å². The van der Waals surface area contributed by atoms with Gasteiger partial charge in [-0.05, 0) is 37.3 Å². The third-order valence-electron chi connectivity index (χ3n) is 4.08. The number of Topliss-reactive ketones (excluding diaryl/α,β-unsaturated/α-hetero) is 1. The van der Waals surface area contributed by atoms with Gasteiger partial charge in [0.1, 0.15) is 18.1 Å². The van der Waals surface area contributed by atoms with Crippen molar-refractivity contribution in [3.63, 3.8) is 0 Å². The zero-order valence-corrected chi connectivity index (χ0v) is 14.8. The number of para-hydroxylation sites is 1. The van der Waals surface area contributed by atoms with Crippen molar-refractivity contribution in [3.8, 4) is 11.5 Å². The molecule has 5 nitrogen and oxygen atoms in total. The number of carbonyl (C=O) groups is 1. The molecule has 0 spiro atoms. The van der Waals surface area contributed by atoms with Crippen LogP contribution in [0.15, 0.2) is 67.8 Å². The highest BCUT2D eigenvalue weighted by molar-refractivity contribution is 5.94. The minimum Gasteiger partial charge on any atom is -0.496 e. The molecule has 0 bridgehead atoms. The first-order valence-electron chi connectivity index (χ1n) is 8.17. The number of aromatic nitrogens is 2. The van der Waals surface area contributed by atoms with Crippen LogP contribution in [0, 0.1) is 0 Å². The number of ketones is 1. The van der Waals surface area contributed by atoms with Crippen molar-refractivity contribution in [2.75, 3.05) is 7.11 Å². The van der Waals surface area contributed by atoms with Crippen molar-refractivity contribution in [1.29, 1.82) is 0 Å². The lowest BCUT2D eigenvalue weighted by Crippen LogP contribution is -2.04. The zero-order valence-electron chi connectivity index (χ0n) is 14.8. The molecule has 0 fully saturated rings. The number of carbonyl (C=O) groups excluding carboxylic acids is 1. The Kier molecular flexibility index (Phi) is 5.17. The van der Waals surface area contributed by atoms with Crippen LogP contribution >= 0.6 is 0 Å². The molecular weight excluding hydrogens is 328 g/mol. The molecule has 0 aliphatic rings. The Morgan fingerprint density at radius 2 is 2.00 bits per heavy atom. The van der Waals surface area contributed by atoms with Crippen molar-refractivity contribution in [2.24, 2.45) is 0 Å². The van der Waals surface area contributed by atoms with Crippen LogP contribution in [-0.4, -0.2) is 22.4 Å². The molecule has 0 saturated carbocycles. The number of hydrogen-bond acceptors (Lipinski definition) is 4. The molecular formula is C21H20N2O3. The Bertz CT molecular complexity index is 930. The quantitative estimate of drug-likeness (QED) is 0.601. The van der Waals surface area contributed by atoms with Gasteiger partial charge in [-0.15, -0.1) is 0 Å². The van der Waals surface area contributed by atoms with Crippen molar-refractivity contribution in [2.45, 2.75) is 13.5 Å². The summed E-state index contributed by atoms with van der Waals surface area (Å²) in [4.78, 5) is 15.7. The first-order chi connectivity index (χ1) is 12.6. The van der Waals surface area contributed by atoms with E-state index >= 15 is 0 Å². The second-order valence-electron chi connectivity index (χ2n) is 5.78. The molecule has 0 aliphatic carbocycles. The van der Waals surface area contributed by atoms with E-state index in [1.807, 2.05) is 35.0 Å². The molecule has 132 valence electrons. The SMILES string of the molecule is C=C(c1ccccc1OCc1cc(C(C)=O)ccc1OC)n1ccnc1. The van der Waals surface area contributed by atoms with Gasteiger partial charge in [-0.2, -0.15) is 0 Å². The molecule has 1 aromatic heterocycles. The van der Waals surface area contributed by atoms with Crippen molar-refractivity contribution >= 4 is 11.5 Å². The largest absolute Gasteiger partial charge is 0.496 e. The molecule has 0 radical (unpaired) electrons. The Balaban J connectivity index is 1.86. The minimum atomic E-state index is 0.00258. The van der Waals surface area contributed by atoms with E-state index < -0.39 is 0 Å². The van der Waals surface area contributed by atoms with Gasteiger partial charge >= 0.3 is 0 Å². The van der Waals surface area contributed by atoms with E-state index in [4.69, 9.17) is 9.47 Å². The second-order valence-corrected chi connectivity index (χ2v) is 5.78. The summed E-state index contributed by atoms with van der Waals surface area (Å²) in [6.45, 7) is 5.94. The van der Waals surface area contributed by atoms with Crippen molar-refractivity contribution in [3.05, 3.63) is 84.5 Å². The molecule has 0 atom stereocenters. The molecule has 0 aliphatic heterocycles. The van der Waals surface area contributed by atoms with Gasteiger partial charge in [0, 0.05) is 29.1 Å². The van der Waals surface area contributed by atoms with Crippen molar-refractivity contribution in [1.82, 2.24) is 9.55 Å². The standard InChI is InChI=1S/C21H20N2O3/c1-15(23-11-10-22-14-23)19-6-4-5-7-21(19)26-13-18-12-17(16(2)24)8-9-20(18)25-3/h4-12,14H,1,13H2,2-3H3. The van der Waals surface area contributed by atoms with E-state index in [0.29, 0.717) is 17.1 Å². The summed E-state index contributed by atoms with van der Waals surface area (Å²) >= 11 is 0. The summed E-state index contributed by atoms with van der Waals surface area (Å²) in [6.07, 6.45) is 5.23. The third kappa shape index (κ3) is 3.67. The van der Waals surface area contributed by atoms with Crippen LogP contribution < -0.4 is 9.47 Å². The number of nitrogens with zero attached hydrogens (tertiary/aromatic N) is 2. The number of methoxy groups -OCH3 is 1. The Labute approximate surface area is 152 Å². The van der Waals surface area contributed by atoms with Gasteiger partial charge in [-0.3, -0.25) is 4.79 Å². The van der Waals surface area contributed by atoms with Gasteiger partial charge in [0.2, 0.25) is 0 Å². The monoisotopic (exact) mass is 348 g/mol. The first-order valence-corrected chi connectivity index (χ1v) is 8.17. The van der Waals surface area contributed by atoms with E-state index in [2.05, 4.69) is 11.6 Å². The second kappa shape index (κ2) is 7.70. The van der Waals surface area contributed by atoms with E-state index in [1.165, 1.54) is 6.92 Å². The highest BCUT2D eigenvalue weighted by Crippen LogP contribution is 2.28. The van der Waals surface area contributed by atoms with Crippen LogP contribution in [0.4, 0.5) is 0 Å². The minimum absolute atomic E-state index is 0.00258. The summed E-state index contributed by atoms with van der Waals surface area (Å²) < 4.78 is 13.3. The lowest BCUT2D eigenvalue weighted by molar-refractivity contribution is 0.101. The summed E-state index contributed by atoms with van der Waals surface area (Å²) in [5.41, 5.74) is 3.07. The topological polar surface area (TPSA) is 53.4 Å². The number of imidazole rings is 1. The van der Waals surface area contributed by atoms with Gasteiger partial charge in [-0.1, -0.05) is 18.7 Å². The number of hydrogen-bond donors (Lipinski definition) is 0. The Morgan fingerprint density at radius 3 is 2.69 bits per heavy atom. The Hall–Kier alpha value is -3.34. The van der Waals surface area contributed by atoms with E-state index in [0.717, 1.165) is 16.8 Å². The molecule has 0 unspecified atom stereocenters. The van der Waals surface area contributed by atoms with Crippen LogP contribution in [0.25, 0.3) is 5.70 Å². The predicted molar refractivity (Wildman–Crippen MR) is 100 cm³/mol. The van der Waals surface area contributed by atoms with Crippen LogP contribution in [0.3, 0.4) is 0 Å². The maximum atomic E-state index is 11.6. The lowest BCUT2D eigenvalue weighted by atomic mass is 10.1. The molecule has 26 heavy (non-hydrogen) atoms. The van der Waals surface area contributed by atoms with Gasteiger partial charge in [0.25, 0.3) is 0 Å². The summed E-state index contributed by atoms with van der Waals surface area (Å²) in [7, 11) is 1.60. The van der Waals surface area contributed by atoms with Crippen LogP contribution in [-0.2, 0) is 6.61 Å². The summed E-state index contributed by atoms with van der Waals surface area (Å²) in [6, 6.07) is 13.0. The number of rotatable bonds is 7. The van der Waals surface area contributed by atoms with Crippen molar-refractivity contribution < 1.29 is 14.3 Å². The Morgan fingerprint density at radius 1 is 1.19 bits per heavy atom. The fourth-order valence-electron chi connectivity index (χ4n) is 2.65. The zero-order chi connectivity index (χ0) is 18.5. The third-order valence-corrected chi connectivity index (χ3v) is 4.08. The van der Waals surface area contributed by atoms with Gasteiger partial charge in [0.15, 0.2) is 5.78 Å². The van der Waals surface area contributed by atoms with Crippen LogP contribution in [0.1, 0.15) is 28.4 Å². The average Bonchev–Trinajstić information content (AvgIpc) is 3.20. The normalized spacial score (nSPS) is 10.4. The summed E-state index contributed by atoms with van der Waals surface area (Å²) in [5.74, 6) is 1.38. The maximum absolute atomic E-state index is 11.6. The number of benzene rings is 2. The lowest BCUT2D eigenvalue weighted by Gasteiger charge is -2.15. The van der Waals surface area contributed by atoms with Crippen LogP contribution in [0.5, 0.6) is 11.5 Å². The average molecular weight is 348 g/mol. The summed E-state index contributed by atoms with van der Waals surface area (Å²) in [5, 5.41) is 0. The van der Waals surface area contributed by atoms with E-state index in [-0.39, 0.29) is 12.4 Å². The molecule has 0 saturated heterocycles. The van der Waals surface area contributed by atoms with E-state index in [9.17, 15) is 4.79 Å². The predicted octanol–water partition coefficient (Wildman–Crippen LogP) is 4.19. The van der Waals surface area contributed by atoms with Gasteiger partial charge in [-0.25, -0.2) is 4.98 Å². The first kappa shape index (κ1) is 17.5. The van der Waals surface area contributed by atoms with Gasteiger partial charge < -0.3 is 14.0 Å². The molecule has 2 aromatic carbocycles. The maximum Gasteiger partial charge on any atom is 0.159 e. The molecule has 1 heterocycles. The molecule has 0 N–H and O–H groups in total. The van der Waals surface area contributed by atoms with E-state index in [1.54, 1.807) is 37.8 Å². The van der Waals surface area contributed by atoms with Crippen LogP contribution in [0.2, 0.25) is 0 Å². The fraction of sp³-hybridized carbons (Fsp3) is 0.143. The smallest absolute Gasteiger partial charge is 0.159 e. The fourth-order valence-corrected chi connectivity index (χ4v) is 2.65. The molecule has 3 aromatic rings. The number of ether oxygens (including phenoxy) is 2. The molecule has 3 rings (SSSR count). The molecule has 5 heteroatoms.